The van der Waals surface area contributed by atoms with E-state index < -0.39 is 0 Å². The predicted molar refractivity (Wildman–Crippen MR) is 104 cm³/mol. The van der Waals surface area contributed by atoms with E-state index >= 15 is 0 Å². The quantitative estimate of drug-likeness (QED) is 0.709. The molecular weight excluding hydrogens is 346 g/mol. The van der Waals surface area contributed by atoms with Crippen LogP contribution in [0.25, 0.3) is 10.2 Å². The molecule has 0 saturated carbocycles. The lowest BCUT2D eigenvalue weighted by molar-refractivity contribution is 0.0737. The van der Waals surface area contributed by atoms with Gasteiger partial charge in [0.2, 0.25) is 0 Å². The van der Waals surface area contributed by atoms with E-state index in [0.29, 0.717) is 18.7 Å². The zero-order valence-corrected chi connectivity index (χ0v) is 15.8. The van der Waals surface area contributed by atoms with E-state index in [4.69, 9.17) is 0 Å². The molecule has 0 radical (unpaired) electrons. The van der Waals surface area contributed by atoms with Gasteiger partial charge < -0.3 is 9.80 Å². The molecule has 0 bridgehead atoms. The van der Waals surface area contributed by atoms with Crippen LogP contribution in [0.2, 0.25) is 0 Å². The molecule has 26 heavy (non-hydrogen) atoms. The van der Waals surface area contributed by atoms with E-state index in [9.17, 15) is 4.79 Å². The van der Waals surface area contributed by atoms with Crippen LogP contribution in [0.4, 0.5) is 5.82 Å². The van der Waals surface area contributed by atoms with Crippen LogP contribution in [0.5, 0.6) is 0 Å². The van der Waals surface area contributed by atoms with Gasteiger partial charge in [-0.05, 0) is 30.5 Å². The number of hydrogen-bond acceptors (Lipinski definition) is 6. The van der Waals surface area contributed by atoms with Crippen molar-refractivity contribution in [3.63, 3.8) is 0 Å². The molecule has 0 N–H and O–H groups in total. The second-order valence-electron chi connectivity index (χ2n) is 6.52. The van der Waals surface area contributed by atoms with Crippen molar-refractivity contribution in [3.05, 3.63) is 46.9 Å². The van der Waals surface area contributed by atoms with Crippen molar-refractivity contribution in [1.82, 2.24) is 19.9 Å². The Bertz CT molecular complexity index is 940. The molecule has 3 aromatic heterocycles. The fourth-order valence-corrected chi connectivity index (χ4v) is 4.69. The first-order chi connectivity index (χ1) is 12.7. The normalized spacial score (nSPS) is 13.7. The average molecular weight is 367 g/mol. The molecule has 7 heteroatoms. The van der Waals surface area contributed by atoms with Crippen LogP contribution in [-0.4, -0.2) is 45.9 Å². The summed E-state index contributed by atoms with van der Waals surface area (Å²) in [6.45, 7) is 4.48. The molecule has 0 fully saturated rings. The molecule has 0 aromatic carbocycles. The Morgan fingerprint density at radius 2 is 2.12 bits per heavy atom. The molecule has 1 aliphatic rings. The molecule has 134 valence electrons. The Hall–Kier alpha value is -2.54. The van der Waals surface area contributed by atoms with Crippen molar-refractivity contribution in [2.24, 2.45) is 0 Å². The molecule has 0 atom stereocenters. The van der Waals surface area contributed by atoms with Gasteiger partial charge in [0.1, 0.15) is 17.0 Å². The maximum absolute atomic E-state index is 12.8. The monoisotopic (exact) mass is 367 g/mol. The summed E-state index contributed by atoms with van der Waals surface area (Å²) >= 11 is 1.68. The Balaban J connectivity index is 1.67. The lowest BCUT2D eigenvalue weighted by atomic mass is 10.0. The van der Waals surface area contributed by atoms with Crippen molar-refractivity contribution >= 4 is 33.3 Å². The van der Waals surface area contributed by atoms with Crippen LogP contribution in [0, 0.1) is 0 Å². The van der Waals surface area contributed by atoms with Gasteiger partial charge in [-0.1, -0.05) is 6.92 Å². The van der Waals surface area contributed by atoms with Crippen LogP contribution in [0.15, 0.2) is 30.9 Å². The van der Waals surface area contributed by atoms with Gasteiger partial charge in [0.25, 0.3) is 5.91 Å². The first-order valence-corrected chi connectivity index (χ1v) is 9.66. The largest absolute Gasteiger partial charge is 0.359 e. The highest BCUT2D eigenvalue weighted by Crippen LogP contribution is 2.38. The second-order valence-corrected chi connectivity index (χ2v) is 7.60. The predicted octanol–water partition coefficient (Wildman–Crippen LogP) is 3.13. The van der Waals surface area contributed by atoms with Gasteiger partial charge in [0, 0.05) is 43.0 Å². The number of nitrogens with zero attached hydrogens (tertiary/aromatic N) is 5. The minimum absolute atomic E-state index is 0.0601. The molecule has 1 aliphatic heterocycles. The van der Waals surface area contributed by atoms with Crippen LogP contribution >= 0.6 is 11.3 Å². The van der Waals surface area contributed by atoms with Crippen LogP contribution in [0.1, 0.15) is 34.1 Å². The minimum Gasteiger partial charge on any atom is -0.359 e. The van der Waals surface area contributed by atoms with E-state index in [1.165, 1.54) is 15.8 Å². The summed E-state index contributed by atoms with van der Waals surface area (Å²) in [6, 6.07) is 3.54. The van der Waals surface area contributed by atoms with Gasteiger partial charge in [-0.25, -0.2) is 9.97 Å². The van der Waals surface area contributed by atoms with E-state index in [2.05, 4.69) is 33.8 Å². The first-order valence-electron chi connectivity index (χ1n) is 8.84. The van der Waals surface area contributed by atoms with Crippen molar-refractivity contribution < 1.29 is 4.79 Å². The number of hydrogen-bond donors (Lipinski definition) is 0. The summed E-state index contributed by atoms with van der Waals surface area (Å²) in [7, 11) is 2.08. The summed E-state index contributed by atoms with van der Waals surface area (Å²) < 4.78 is 0. The molecule has 4 rings (SSSR count). The minimum atomic E-state index is 0.0601. The van der Waals surface area contributed by atoms with Crippen molar-refractivity contribution in [3.8, 4) is 0 Å². The molecule has 0 unspecified atom stereocenters. The highest BCUT2D eigenvalue weighted by Gasteiger charge is 2.27. The molecule has 6 nitrogen and oxygen atoms in total. The van der Waals surface area contributed by atoms with Crippen LogP contribution in [0.3, 0.4) is 0 Å². The number of fused-ring (bicyclic) bond motifs is 3. The van der Waals surface area contributed by atoms with Crippen molar-refractivity contribution in [1.29, 1.82) is 0 Å². The summed E-state index contributed by atoms with van der Waals surface area (Å²) in [5.74, 6) is 1.06. The average Bonchev–Trinajstić information content (AvgIpc) is 3.06. The van der Waals surface area contributed by atoms with Gasteiger partial charge in [0.15, 0.2) is 0 Å². The number of carbonyl (C=O) groups excluding carboxylic acids is 1. The van der Waals surface area contributed by atoms with E-state index in [0.717, 1.165) is 30.0 Å². The lowest BCUT2D eigenvalue weighted by Crippen LogP contribution is -2.35. The maximum Gasteiger partial charge on any atom is 0.254 e. The topological polar surface area (TPSA) is 62.2 Å². The third-order valence-electron chi connectivity index (χ3n) is 4.75. The number of carbonyl (C=O) groups is 1. The van der Waals surface area contributed by atoms with E-state index in [1.54, 1.807) is 42.2 Å². The smallest absolute Gasteiger partial charge is 0.254 e. The molecular formula is C19H21N5OS. The fourth-order valence-electron chi connectivity index (χ4n) is 3.49. The van der Waals surface area contributed by atoms with Gasteiger partial charge in [-0.15, -0.1) is 11.3 Å². The number of amides is 1. The third-order valence-corrected chi connectivity index (χ3v) is 5.88. The SMILES string of the molecule is CCCN(C)c1ncnc2sc3c(c12)CCN(C(=O)c1ccncc1)C3. The standard InChI is InChI=1S/C19H21N5OS/c1-3-9-23(2)17-16-14-6-10-24(19(25)13-4-7-20-8-5-13)11-15(14)26-18(16)22-12-21-17/h4-5,7-8,12H,3,6,9-11H2,1-2H3. The van der Waals surface area contributed by atoms with Gasteiger partial charge in [0.05, 0.1) is 11.9 Å². The van der Waals surface area contributed by atoms with Gasteiger partial charge >= 0.3 is 0 Å². The lowest BCUT2D eigenvalue weighted by Gasteiger charge is -2.27. The van der Waals surface area contributed by atoms with Crippen molar-refractivity contribution in [2.75, 3.05) is 25.0 Å². The van der Waals surface area contributed by atoms with E-state index in [1.807, 2.05) is 4.90 Å². The van der Waals surface area contributed by atoms with Gasteiger partial charge in [-0.2, -0.15) is 0 Å². The van der Waals surface area contributed by atoms with Crippen LogP contribution < -0.4 is 4.90 Å². The summed E-state index contributed by atoms with van der Waals surface area (Å²) in [5.41, 5.74) is 2.00. The summed E-state index contributed by atoms with van der Waals surface area (Å²) in [5, 5.41) is 1.17. The molecule has 4 heterocycles. The zero-order chi connectivity index (χ0) is 18.1. The maximum atomic E-state index is 12.8. The van der Waals surface area contributed by atoms with Crippen molar-refractivity contribution in [2.45, 2.75) is 26.3 Å². The number of thiophene rings is 1. The molecule has 0 spiro atoms. The first kappa shape index (κ1) is 16.9. The summed E-state index contributed by atoms with van der Waals surface area (Å²) in [6.07, 6.45) is 6.88. The van der Waals surface area contributed by atoms with E-state index in [-0.39, 0.29) is 5.91 Å². The second kappa shape index (κ2) is 6.99. The van der Waals surface area contributed by atoms with Gasteiger partial charge in [-0.3, -0.25) is 9.78 Å². The third kappa shape index (κ3) is 2.92. The highest BCUT2D eigenvalue weighted by atomic mass is 32.1. The molecule has 0 saturated heterocycles. The number of pyridine rings is 1. The number of rotatable bonds is 4. The number of aromatic nitrogens is 3. The Kier molecular flexibility index (Phi) is 4.55. The molecule has 0 aliphatic carbocycles. The molecule has 1 amide bonds. The number of anilines is 1. The Labute approximate surface area is 156 Å². The summed E-state index contributed by atoms with van der Waals surface area (Å²) in [4.78, 5) is 32.1. The van der Waals surface area contributed by atoms with Crippen LogP contribution in [-0.2, 0) is 13.0 Å². The highest BCUT2D eigenvalue weighted by molar-refractivity contribution is 7.19. The Morgan fingerprint density at radius 3 is 2.88 bits per heavy atom. The molecule has 3 aromatic rings. The fraction of sp³-hybridized carbons (Fsp3) is 0.368. The Morgan fingerprint density at radius 1 is 1.31 bits per heavy atom. The zero-order valence-electron chi connectivity index (χ0n) is 15.0.